The number of aliphatic hydroxyl groups excluding tert-OH is 1. The number of aliphatic hydroxyl groups is 1. The number of carbonyl (C=O) groups excluding carboxylic acids is 3. The molecule has 3 heterocycles. The Morgan fingerprint density at radius 1 is 0.971 bits per heavy atom. The molecule has 1 saturated heterocycles. The van der Waals surface area contributed by atoms with E-state index in [0.717, 1.165) is 32.3 Å². The van der Waals surface area contributed by atoms with Crippen molar-refractivity contribution in [3.8, 4) is 16.2 Å². The van der Waals surface area contributed by atoms with Crippen LogP contribution >= 0.6 is 11.3 Å². The molecule has 17 nitrogen and oxygen atoms in total. The number of amides is 3. The summed E-state index contributed by atoms with van der Waals surface area (Å²) in [6.07, 6.45) is -3.95. The molecule has 5 N–H and O–H groups in total. The van der Waals surface area contributed by atoms with E-state index in [2.05, 4.69) is 36.2 Å². The zero-order chi connectivity index (χ0) is 50.1. The number of nitrogens with zero attached hydrogens (tertiary/aromatic N) is 5. The van der Waals surface area contributed by atoms with Crippen molar-refractivity contribution < 1.29 is 50.6 Å². The van der Waals surface area contributed by atoms with Gasteiger partial charge in [0, 0.05) is 51.4 Å². The number of β-amino-alcohol motifs (C(OH)–C–C–N with tert-alkyl or cyclic N) is 1. The van der Waals surface area contributed by atoms with Crippen molar-refractivity contribution >= 4 is 62.2 Å². The molecule has 2 aromatic heterocycles. The fourth-order valence-electron chi connectivity index (χ4n) is 7.29. The quantitative estimate of drug-likeness (QED) is 0.0544. The van der Waals surface area contributed by atoms with Gasteiger partial charge in [-0.15, -0.1) is 11.3 Å². The number of thiazole rings is 1. The van der Waals surface area contributed by atoms with E-state index < -0.39 is 68.9 Å². The molecule has 3 aromatic carbocycles. The first-order valence-corrected chi connectivity index (χ1v) is 24.6. The Hall–Kier alpha value is -6.36. The number of likely N-dealkylation sites (tertiary alicyclic amines) is 1. The lowest BCUT2D eigenvalue weighted by Gasteiger charge is -2.35. The van der Waals surface area contributed by atoms with Gasteiger partial charge < -0.3 is 40.7 Å². The summed E-state index contributed by atoms with van der Waals surface area (Å²) in [5, 5.41) is 21.8. The lowest BCUT2D eigenvalue weighted by atomic mass is 9.85. The second-order valence-corrected chi connectivity index (χ2v) is 20.4. The highest BCUT2D eigenvalue weighted by molar-refractivity contribution is 7.92. The van der Waals surface area contributed by atoms with Crippen molar-refractivity contribution in [2.75, 3.05) is 54.6 Å². The lowest BCUT2D eigenvalue weighted by Crippen LogP contribution is -2.57. The number of aryl methyl sites for hydroxylation is 1. The smallest absolute Gasteiger partial charge is 0.421 e. The average molecular weight is 996 g/mol. The maximum Gasteiger partial charge on any atom is 0.421 e. The van der Waals surface area contributed by atoms with Crippen LogP contribution in [0.3, 0.4) is 0 Å². The van der Waals surface area contributed by atoms with Crippen LogP contribution in [0.15, 0.2) is 84.5 Å². The van der Waals surface area contributed by atoms with E-state index in [-0.39, 0.29) is 58.2 Å². The Bertz CT molecular complexity index is 2680. The predicted molar refractivity (Wildman–Crippen MR) is 256 cm³/mol. The topological polar surface area (TPSA) is 217 Å². The number of halogens is 3. The molecule has 1 aliphatic heterocycles. The van der Waals surface area contributed by atoms with Crippen LogP contribution in [-0.2, 0) is 48.4 Å². The number of anilines is 4. The van der Waals surface area contributed by atoms with Crippen molar-refractivity contribution in [3.05, 3.63) is 107 Å². The fourth-order valence-corrected chi connectivity index (χ4v) is 8.59. The van der Waals surface area contributed by atoms with Crippen LogP contribution in [0, 0.1) is 12.3 Å². The van der Waals surface area contributed by atoms with E-state index in [0.29, 0.717) is 28.9 Å². The second kappa shape index (κ2) is 22.4. The SMILES string of the molecule is Cc1ncsc1-c1ccc(CNC(=O)[C@@H]2C[C@@H](O)CN2C(=O)C(NC(=O)CCOCCOc2ccc(Nc3ncc(C(F)(F)F)c(NCc4cccc(N(C)S(C)(=O)=O)c4)n3)cc2)C(C)(C)C)cc1. The molecule has 3 amide bonds. The number of hydrogen-bond donors (Lipinski definition) is 5. The number of benzene rings is 3. The molecule has 0 spiro atoms. The molecule has 1 aliphatic rings. The van der Waals surface area contributed by atoms with Gasteiger partial charge in [0.1, 0.15) is 35.8 Å². The van der Waals surface area contributed by atoms with Gasteiger partial charge in [-0.2, -0.15) is 18.2 Å². The first-order chi connectivity index (χ1) is 32.6. The average Bonchev–Trinajstić information content (AvgIpc) is 3.92. The highest BCUT2D eigenvalue weighted by atomic mass is 32.2. The van der Waals surface area contributed by atoms with E-state index in [1.165, 1.54) is 11.9 Å². The van der Waals surface area contributed by atoms with Crippen molar-refractivity contribution in [2.24, 2.45) is 5.41 Å². The summed E-state index contributed by atoms with van der Waals surface area (Å²) in [4.78, 5) is 55.1. The number of nitrogens with one attached hydrogen (secondary N) is 4. The van der Waals surface area contributed by atoms with Gasteiger partial charge in [-0.05, 0) is 65.4 Å². The summed E-state index contributed by atoms with van der Waals surface area (Å²) >= 11 is 1.55. The molecule has 6 rings (SSSR count). The third kappa shape index (κ3) is 14.3. The van der Waals surface area contributed by atoms with E-state index in [4.69, 9.17) is 9.47 Å². The summed E-state index contributed by atoms with van der Waals surface area (Å²) in [5.74, 6) is -1.44. The number of sulfonamides is 1. The minimum absolute atomic E-state index is 0.0260. The highest BCUT2D eigenvalue weighted by Crippen LogP contribution is 2.35. The third-order valence-corrected chi connectivity index (χ3v) is 13.3. The van der Waals surface area contributed by atoms with Crippen molar-refractivity contribution in [2.45, 2.75) is 78.0 Å². The van der Waals surface area contributed by atoms with Gasteiger partial charge >= 0.3 is 6.18 Å². The zero-order valence-electron chi connectivity index (χ0n) is 39.0. The zero-order valence-corrected chi connectivity index (χ0v) is 40.6. The van der Waals surface area contributed by atoms with Crippen molar-refractivity contribution in [1.29, 1.82) is 0 Å². The number of aromatic nitrogens is 3. The molecule has 22 heteroatoms. The molecule has 370 valence electrons. The molecule has 0 saturated carbocycles. The standard InChI is InChI=1S/C47H56F3N9O8S2/c1-29-40(68-28-54-29)32-12-10-30(11-13-32)24-52-43(62)38-23-35(60)27-59(38)44(63)41(46(2,3)4)56-39(61)18-19-66-20-21-67-36-16-14-33(15-17-36)55-45-53-26-37(47(48,49)50)42(57-45)51-25-31-8-7-9-34(22-31)58(5)69(6,64)65/h7-17,22,26,28,35,38,41,60H,18-21,23-25,27H2,1-6H3,(H,52,62)(H,56,61)(H2,51,53,55,57)/t35-,38+,41?/m1/s1. The van der Waals surface area contributed by atoms with Gasteiger partial charge in [-0.3, -0.25) is 18.7 Å². The Kier molecular flexibility index (Phi) is 16.9. The van der Waals surface area contributed by atoms with Gasteiger partial charge in [0.25, 0.3) is 0 Å². The Morgan fingerprint density at radius 2 is 1.70 bits per heavy atom. The van der Waals surface area contributed by atoms with Crippen LogP contribution in [0.25, 0.3) is 10.4 Å². The number of rotatable bonds is 20. The number of hydrogen-bond acceptors (Lipinski definition) is 14. The lowest BCUT2D eigenvalue weighted by molar-refractivity contribution is -0.144. The van der Waals surface area contributed by atoms with E-state index in [9.17, 15) is 41.1 Å². The van der Waals surface area contributed by atoms with E-state index in [1.54, 1.807) is 86.1 Å². The molecule has 5 aromatic rings. The molecule has 0 bridgehead atoms. The van der Waals surface area contributed by atoms with Crippen LogP contribution in [0.4, 0.5) is 36.3 Å². The number of carbonyl (C=O) groups is 3. The summed E-state index contributed by atoms with van der Waals surface area (Å²) in [7, 11) is -2.18. The molecule has 0 aliphatic carbocycles. The maximum absolute atomic E-state index is 14.0. The molecule has 1 unspecified atom stereocenters. The molecule has 3 atom stereocenters. The van der Waals surface area contributed by atoms with Crippen molar-refractivity contribution in [3.63, 3.8) is 0 Å². The number of ether oxygens (including phenoxy) is 2. The second-order valence-electron chi connectivity index (χ2n) is 17.5. The largest absolute Gasteiger partial charge is 0.491 e. The van der Waals surface area contributed by atoms with Gasteiger partial charge in [-0.1, -0.05) is 57.2 Å². The normalized spacial score (nSPS) is 15.6. The molecular formula is C47H56F3N9O8S2. The maximum atomic E-state index is 14.0. The summed E-state index contributed by atoms with van der Waals surface area (Å²) in [6, 6.07) is 18.7. The summed E-state index contributed by atoms with van der Waals surface area (Å²) in [6.45, 7) is 7.72. The van der Waals surface area contributed by atoms with Gasteiger partial charge in [0.05, 0.1) is 47.3 Å². The van der Waals surface area contributed by atoms with Gasteiger partial charge in [0.15, 0.2) is 0 Å². The van der Waals surface area contributed by atoms with E-state index in [1.807, 2.05) is 31.2 Å². The van der Waals surface area contributed by atoms with Crippen LogP contribution in [0.1, 0.15) is 56.0 Å². The van der Waals surface area contributed by atoms with Gasteiger partial charge in [0.2, 0.25) is 33.7 Å². The molecule has 1 fully saturated rings. The monoisotopic (exact) mass is 995 g/mol. The molecule has 69 heavy (non-hydrogen) atoms. The van der Waals surface area contributed by atoms with Crippen LogP contribution in [0.5, 0.6) is 5.75 Å². The summed E-state index contributed by atoms with van der Waals surface area (Å²) in [5.41, 5.74) is 4.13. The first kappa shape index (κ1) is 52.0. The fraction of sp³-hybridized carbons (Fsp3) is 0.404. The molecular weight excluding hydrogens is 940 g/mol. The summed E-state index contributed by atoms with van der Waals surface area (Å²) < 4.78 is 78.0. The highest BCUT2D eigenvalue weighted by Gasteiger charge is 2.44. The number of alkyl halides is 3. The van der Waals surface area contributed by atoms with E-state index >= 15 is 0 Å². The minimum atomic E-state index is -4.76. The van der Waals surface area contributed by atoms with Crippen LogP contribution in [-0.4, -0.2) is 109 Å². The van der Waals surface area contributed by atoms with Crippen LogP contribution in [0.2, 0.25) is 0 Å². The van der Waals surface area contributed by atoms with Gasteiger partial charge in [-0.25, -0.2) is 18.4 Å². The van der Waals surface area contributed by atoms with Crippen molar-refractivity contribution in [1.82, 2.24) is 30.5 Å². The Balaban J connectivity index is 0.939. The van der Waals surface area contributed by atoms with Crippen LogP contribution < -0.4 is 30.3 Å². The third-order valence-electron chi connectivity index (χ3n) is 11.1. The Labute approximate surface area is 402 Å². The molecule has 0 radical (unpaired) electrons. The Morgan fingerprint density at radius 3 is 2.35 bits per heavy atom. The predicted octanol–water partition coefficient (Wildman–Crippen LogP) is 6.27. The first-order valence-electron chi connectivity index (χ1n) is 21.9. The minimum Gasteiger partial charge on any atom is -0.491 e.